The van der Waals surface area contributed by atoms with E-state index in [0.29, 0.717) is 6.04 Å². The van der Waals surface area contributed by atoms with Gasteiger partial charge in [0.15, 0.2) is 0 Å². The number of nitrogens with one attached hydrogen (secondary N) is 1. The first-order chi connectivity index (χ1) is 9.81. The van der Waals surface area contributed by atoms with E-state index in [-0.39, 0.29) is 0 Å². The Morgan fingerprint density at radius 2 is 1.70 bits per heavy atom. The lowest BCUT2D eigenvalue weighted by molar-refractivity contribution is 0.480. The van der Waals surface area contributed by atoms with Crippen LogP contribution in [0.2, 0.25) is 0 Å². The molecule has 1 nitrogen and oxygen atoms in total. The minimum atomic E-state index is 0.434. The molecule has 0 heterocycles. The van der Waals surface area contributed by atoms with Gasteiger partial charge in [0.1, 0.15) is 0 Å². The lowest BCUT2D eigenvalue weighted by Gasteiger charge is -2.19. The zero-order valence-corrected chi connectivity index (χ0v) is 13.6. The van der Waals surface area contributed by atoms with Crippen LogP contribution in [-0.2, 0) is 6.54 Å². The molecule has 1 atom stereocenters. The monoisotopic (exact) mass is 331 g/mol. The highest BCUT2D eigenvalue weighted by Gasteiger charge is 2.10. The van der Waals surface area contributed by atoms with Crippen molar-refractivity contribution in [2.45, 2.75) is 38.8 Å². The first-order valence-electron chi connectivity index (χ1n) is 7.33. The maximum atomic E-state index is 3.70. The maximum absolute atomic E-state index is 3.70. The third-order valence-corrected chi connectivity index (χ3v) is 4.32. The highest BCUT2D eigenvalue weighted by Crippen LogP contribution is 2.21. The predicted octanol–water partition coefficient (Wildman–Crippen LogP) is 5.47. The molecule has 2 heteroatoms. The molecule has 0 aliphatic carbocycles. The minimum absolute atomic E-state index is 0.434. The van der Waals surface area contributed by atoms with E-state index in [1.54, 1.807) is 0 Å². The molecule has 2 aromatic carbocycles. The Morgan fingerprint density at radius 3 is 2.40 bits per heavy atom. The fourth-order valence-corrected chi connectivity index (χ4v) is 2.78. The van der Waals surface area contributed by atoms with Crippen LogP contribution in [0.15, 0.2) is 59.1 Å². The SMILES string of the molecule is CCCCC(NCc1ccccc1Br)c1ccccc1. The molecule has 20 heavy (non-hydrogen) atoms. The number of hydrogen-bond donors (Lipinski definition) is 1. The van der Waals surface area contributed by atoms with Crippen LogP contribution in [0.3, 0.4) is 0 Å². The summed E-state index contributed by atoms with van der Waals surface area (Å²) in [5.41, 5.74) is 2.69. The summed E-state index contributed by atoms with van der Waals surface area (Å²) in [5, 5.41) is 3.70. The Bertz CT molecular complexity index is 510. The lowest BCUT2D eigenvalue weighted by Crippen LogP contribution is -2.21. The molecule has 1 N–H and O–H groups in total. The van der Waals surface area contributed by atoms with Crippen molar-refractivity contribution >= 4 is 15.9 Å². The van der Waals surface area contributed by atoms with E-state index in [1.807, 2.05) is 0 Å². The van der Waals surface area contributed by atoms with Crippen LogP contribution in [0.1, 0.15) is 43.4 Å². The molecule has 0 amide bonds. The first kappa shape index (κ1) is 15.3. The fraction of sp³-hybridized carbons (Fsp3) is 0.333. The van der Waals surface area contributed by atoms with Crippen molar-refractivity contribution in [1.29, 1.82) is 0 Å². The highest BCUT2D eigenvalue weighted by molar-refractivity contribution is 9.10. The number of benzene rings is 2. The van der Waals surface area contributed by atoms with E-state index >= 15 is 0 Å². The Morgan fingerprint density at radius 1 is 1.00 bits per heavy atom. The van der Waals surface area contributed by atoms with E-state index in [0.717, 1.165) is 6.54 Å². The first-order valence-corrected chi connectivity index (χ1v) is 8.12. The zero-order chi connectivity index (χ0) is 14.2. The molecular weight excluding hydrogens is 310 g/mol. The van der Waals surface area contributed by atoms with E-state index in [1.165, 1.54) is 34.9 Å². The number of unbranched alkanes of at least 4 members (excludes halogenated alkanes) is 1. The van der Waals surface area contributed by atoms with Crippen molar-refractivity contribution in [3.05, 3.63) is 70.2 Å². The van der Waals surface area contributed by atoms with Gasteiger partial charge in [-0.25, -0.2) is 0 Å². The van der Waals surface area contributed by atoms with Gasteiger partial charge in [0.25, 0.3) is 0 Å². The quantitative estimate of drug-likeness (QED) is 0.709. The summed E-state index contributed by atoms with van der Waals surface area (Å²) in [7, 11) is 0. The summed E-state index contributed by atoms with van der Waals surface area (Å²) in [6.07, 6.45) is 3.67. The van der Waals surface area contributed by atoms with Crippen LogP contribution in [0.25, 0.3) is 0 Å². The second-order valence-electron chi connectivity index (χ2n) is 5.08. The summed E-state index contributed by atoms with van der Waals surface area (Å²) in [5.74, 6) is 0. The molecule has 106 valence electrons. The molecule has 2 aromatic rings. The molecule has 0 radical (unpaired) electrons. The summed E-state index contributed by atoms with van der Waals surface area (Å²) < 4.78 is 1.18. The molecule has 1 unspecified atom stereocenters. The summed E-state index contributed by atoms with van der Waals surface area (Å²) in [6.45, 7) is 3.14. The van der Waals surface area contributed by atoms with Gasteiger partial charge in [-0.3, -0.25) is 0 Å². The van der Waals surface area contributed by atoms with Gasteiger partial charge in [0.05, 0.1) is 0 Å². The normalized spacial score (nSPS) is 12.3. The second kappa shape index (κ2) is 8.23. The largest absolute Gasteiger partial charge is 0.306 e. The average molecular weight is 332 g/mol. The average Bonchev–Trinajstić information content (AvgIpc) is 2.50. The molecule has 0 saturated heterocycles. The standard InChI is InChI=1S/C18H22BrN/c1-2-3-13-18(15-9-5-4-6-10-15)20-14-16-11-7-8-12-17(16)19/h4-12,18,20H,2-3,13-14H2,1H3. The van der Waals surface area contributed by atoms with E-state index in [2.05, 4.69) is 82.8 Å². The Labute approximate surface area is 130 Å². The fourth-order valence-electron chi connectivity index (χ4n) is 2.36. The number of hydrogen-bond acceptors (Lipinski definition) is 1. The number of rotatable bonds is 7. The molecule has 0 aromatic heterocycles. The van der Waals surface area contributed by atoms with Crippen LogP contribution in [0.5, 0.6) is 0 Å². The van der Waals surface area contributed by atoms with Crippen LogP contribution in [-0.4, -0.2) is 0 Å². The minimum Gasteiger partial charge on any atom is -0.306 e. The van der Waals surface area contributed by atoms with Crippen molar-refractivity contribution in [2.75, 3.05) is 0 Å². The lowest BCUT2D eigenvalue weighted by atomic mass is 10.0. The van der Waals surface area contributed by atoms with Gasteiger partial charge in [-0.1, -0.05) is 84.2 Å². The van der Waals surface area contributed by atoms with Crippen molar-refractivity contribution in [2.24, 2.45) is 0 Å². The van der Waals surface area contributed by atoms with Gasteiger partial charge in [-0.2, -0.15) is 0 Å². The second-order valence-corrected chi connectivity index (χ2v) is 5.93. The van der Waals surface area contributed by atoms with Crippen molar-refractivity contribution < 1.29 is 0 Å². The van der Waals surface area contributed by atoms with Gasteiger partial charge < -0.3 is 5.32 Å². The van der Waals surface area contributed by atoms with Crippen molar-refractivity contribution in [3.8, 4) is 0 Å². The summed E-state index contributed by atoms with van der Waals surface area (Å²) >= 11 is 3.62. The molecule has 0 aliphatic rings. The topological polar surface area (TPSA) is 12.0 Å². The summed E-state index contributed by atoms with van der Waals surface area (Å²) in [4.78, 5) is 0. The van der Waals surface area contributed by atoms with E-state index in [9.17, 15) is 0 Å². The maximum Gasteiger partial charge on any atom is 0.0323 e. The third kappa shape index (κ3) is 4.46. The smallest absolute Gasteiger partial charge is 0.0323 e. The van der Waals surface area contributed by atoms with Crippen LogP contribution in [0.4, 0.5) is 0 Å². The van der Waals surface area contributed by atoms with Gasteiger partial charge in [0, 0.05) is 17.1 Å². The molecule has 2 rings (SSSR count). The molecule has 0 bridgehead atoms. The van der Waals surface area contributed by atoms with Gasteiger partial charge >= 0.3 is 0 Å². The van der Waals surface area contributed by atoms with Crippen LogP contribution in [0, 0.1) is 0 Å². The summed E-state index contributed by atoms with van der Waals surface area (Å²) in [6, 6.07) is 19.6. The molecule has 0 saturated carbocycles. The molecular formula is C18H22BrN. The molecule has 0 spiro atoms. The Balaban J connectivity index is 2.03. The van der Waals surface area contributed by atoms with Crippen molar-refractivity contribution in [1.82, 2.24) is 5.32 Å². The van der Waals surface area contributed by atoms with Crippen molar-refractivity contribution in [3.63, 3.8) is 0 Å². The van der Waals surface area contributed by atoms with Gasteiger partial charge in [-0.05, 0) is 23.6 Å². The van der Waals surface area contributed by atoms with E-state index < -0.39 is 0 Å². The highest BCUT2D eigenvalue weighted by atomic mass is 79.9. The predicted molar refractivity (Wildman–Crippen MR) is 89.7 cm³/mol. The molecule has 0 aliphatic heterocycles. The van der Waals surface area contributed by atoms with Crippen LogP contribution < -0.4 is 5.32 Å². The van der Waals surface area contributed by atoms with Gasteiger partial charge in [-0.15, -0.1) is 0 Å². The van der Waals surface area contributed by atoms with E-state index in [4.69, 9.17) is 0 Å². The third-order valence-electron chi connectivity index (χ3n) is 3.55. The zero-order valence-electron chi connectivity index (χ0n) is 12.0. The Kier molecular flexibility index (Phi) is 6.28. The van der Waals surface area contributed by atoms with Gasteiger partial charge in [0.2, 0.25) is 0 Å². The van der Waals surface area contributed by atoms with Crippen LogP contribution >= 0.6 is 15.9 Å². The number of halogens is 1. The Hall–Kier alpha value is -1.12. The molecule has 0 fully saturated rings.